The fourth-order valence-electron chi connectivity index (χ4n) is 3.64. The summed E-state index contributed by atoms with van der Waals surface area (Å²) in [7, 11) is 1.31. The summed E-state index contributed by atoms with van der Waals surface area (Å²) in [6, 6.07) is 19.4. The van der Waals surface area contributed by atoms with Gasteiger partial charge in [-0.05, 0) is 40.3 Å². The van der Waals surface area contributed by atoms with E-state index >= 15 is 0 Å². The van der Waals surface area contributed by atoms with Crippen molar-refractivity contribution >= 4 is 12.1 Å². The molecule has 31 heavy (non-hydrogen) atoms. The van der Waals surface area contributed by atoms with Gasteiger partial charge >= 0.3 is 12.1 Å². The molecular weight excluding hydrogens is 392 g/mol. The Hall–Kier alpha value is -4.11. The number of benzene rings is 2. The van der Waals surface area contributed by atoms with E-state index in [9.17, 15) is 9.59 Å². The van der Waals surface area contributed by atoms with E-state index in [1.165, 1.54) is 30.5 Å². The average molecular weight is 412 g/mol. The summed E-state index contributed by atoms with van der Waals surface area (Å²) in [4.78, 5) is 27.8. The first kappa shape index (κ1) is 20.2. The molecular formula is C25H20N2O4. The van der Waals surface area contributed by atoms with Crippen molar-refractivity contribution in [3.63, 3.8) is 0 Å². The molecule has 0 aliphatic heterocycles. The van der Waals surface area contributed by atoms with Gasteiger partial charge in [-0.1, -0.05) is 54.5 Å². The molecule has 6 nitrogen and oxygen atoms in total. The van der Waals surface area contributed by atoms with Crippen molar-refractivity contribution < 1.29 is 19.1 Å². The Morgan fingerprint density at radius 1 is 1.03 bits per heavy atom. The van der Waals surface area contributed by atoms with E-state index in [0.29, 0.717) is 11.3 Å². The third kappa shape index (κ3) is 4.41. The Bertz CT molecular complexity index is 1150. The molecule has 2 aromatic carbocycles. The van der Waals surface area contributed by atoms with Crippen LogP contribution in [0.1, 0.15) is 33.1 Å². The number of amides is 1. The monoisotopic (exact) mass is 412 g/mol. The Kier molecular flexibility index (Phi) is 5.95. The number of nitrogens with zero attached hydrogens (tertiary/aromatic N) is 1. The maximum Gasteiger partial charge on any atom is 0.407 e. The predicted molar refractivity (Wildman–Crippen MR) is 116 cm³/mol. The number of methoxy groups -OCH3 is 1. The molecule has 154 valence electrons. The van der Waals surface area contributed by atoms with Crippen LogP contribution in [0.4, 0.5) is 4.79 Å². The molecule has 1 aliphatic rings. The molecule has 4 rings (SSSR count). The van der Waals surface area contributed by atoms with E-state index in [1.807, 2.05) is 24.3 Å². The van der Waals surface area contributed by atoms with E-state index in [4.69, 9.17) is 4.74 Å². The van der Waals surface area contributed by atoms with Crippen LogP contribution in [-0.4, -0.2) is 37.3 Å². The van der Waals surface area contributed by atoms with Gasteiger partial charge in [-0.2, -0.15) is 0 Å². The lowest BCUT2D eigenvalue weighted by Crippen LogP contribution is -2.26. The largest absolute Gasteiger partial charge is 0.465 e. The minimum absolute atomic E-state index is 0.00879. The van der Waals surface area contributed by atoms with Gasteiger partial charge in [0.1, 0.15) is 12.3 Å². The van der Waals surface area contributed by atoms with Crippen molar-refractivity contribution in [3.8, 4) is 23.0 Å². The van der Waals surface area contributed by atoms with Crippen LogP contribution in [0.5, 0.6) is 0 Å². The van der Waals surface area contributed by atoms with Gasteiger partial charge in [0.05, 0.1) is 19.2 Å². The highest BCUT2D eigenvalue weighted by atomic mass is 16.5. The van der Waals surface area contributed by atoms with Gasteiger partial charge in [-0.3, -0.25) is 0 Å². The smallest absolute Gasteiger partial charge is 0.407 e. The molecule has 0 unspecified atom stereocenters. The predicted octanol–water partition coefficient (Wildman–Crippen LogP) is 3.76. The van der Waals surface area contributed by atoms with Crippen LogP contribution in [0.15, 0.2) is 66.9 Å². The van der Waals surface area contributed by atoms with Crippen LogP contribution in [-0.2, 0) is 9.47 Å². The summed E-state index contributed by atoms with van der Waals surface area (Å²) in [5.41, 5.74) is 5.46. The lowest BCUT2D eigenvalue weighted by atomic mass is 9.98. The molecule has 0 radical (unpaired) electrons. The number of fused-ring (bicyclic) bond motifs is 3. The second kappa shape index (κ2) is 9.14. The molecule has 6 heteroatoms. The number of aromatic nitrogens is 1. The molecule has 1 amide bonds. The van der Waals surface area contributed by atoms with Gasteiger partial charge in [-0.15, -0.1) is 0 Å². The van der Waals surface area contributed by atoms with Gasteiger partial charge in [-0.25, -0.2) is 14.6 Å². The zero-order valence-electron chi connectivity index (χ0n) is 16.9. The van der Waals surface area contributed by atoms with Crippen LogP contribution in [0.3, 0.4) is 0 Å². The van der Waals surface area contributed by atoms with Crippen molar-refractivity contribution in [2.24, 2.45) is 0 Å². The van der Waals surface area contributed by atoms with E-state index in [0.717, 1.165) is 11.1 Å². The third-order valence-corrected chi connectivity index (χ3v) is 5.06. The molecule has 3 aromatic rings. The number of esters is 1. The van der Waals surface area contributed by atoms with E-state index < -0.39 is 12.1 Å². The van der Waals surface area contributed by atoms with Crippen LogP contribution >= 0.6 is 0 Å². The van der Waals surface area contributed by atoms with E-state index in [1.54, 1.807) is 6.07 Å². The van der Waals surface area contributed by atoms with Crippen molar-refractivity contribution in [1.82, 2.24) is 10.3 Å². The number of rotatable bonds is 4. The highest BCUT2D eigenvalue weighted by Gasteiger charge is 2.28. The lowest BCUT2D eigenvalue weighted by Gasteiger charge is -2.14. The third-order valence-electron chi connectivity index (χ3n) is 5.06. The van der Waals surface area contributed by atoms with Crippen LogP contribution in [0.2, 0.25) is 0 Å². The SMILES string of the molecule is COC(=O)c1ccnc(C#CCNC(=O)OCC2c3ccccc3-c3ccccc32)c1. The summed E-state index contributed by atoms with van der Waals surface area (Å²) in [5, 5.41) is 2.62. The topological polar surface area (TPSA) is 77.5 Å². The van der Waals surface area contributed by atoms with E-state index in [2.05, 4.69) is 51.1 Å². The number of pyridine rings is 1. The van der Waals surface area contributed by atoms with Gasteiger partial charge in [0.15, 0.2) is 0 Å². The zero-order valence-corrected chi connectivity index (χ0v) is 16.9. The average Bonchev–Trinajstić information content (AvgIpc) is 3.14. The molecule has 0 saturated carbocycles. The number of alkyl carbamates (subject to hydrolysis) is 1. The summed E-state index contributed by atoms with van der Waals surface area (Å²) < 4.78 is 10.1. The molecule has 0 saturated heterocycles. The Morgan fingerprint density at radius 3 is 2.39 bits per heavy atom. The molecule has 0 fully saturated rings. The van der Waals surface area contributed by atoms with Gasteiger partial charge in [0, 0.05) is 12.1 Å². The number of carbonyl (C=O) groups is 2. The Labute approximate surface area is 180 Å². The van der Waals surface area contributed by atoms with Crippen LogP contribution in [0, 0.1) is 11.8 Å². The molecule has 1 aromatic heterocycles. The minimum atomic E-state index is -0.535. The second-order valence-electron chi connectivity index (χ2n) is 6.90. The highest BCUT2D eigenvalue weighted by Crippen LogP contribution is 2.44. The van der Waals surface area contributed by atoms with Gasteiger partial charge < -0.3 is 14.8 Å². The Balaban J connectivity index is 1.33. The van der Waals surface area contributed by atoms with E-state index in [-0.39, 0.29) is 19.1 Å². The number of hydrogen-bond acceptors (Lipinski definition) is 5. The molecule has 0 atom stereocenters. The standard InChI is InChI=1S/C25H20N2O4/c1-30-24(28)17-12-14-26-18(15-17)7-6-13-27-25(29)31-16-23-21-10-4-2-8-19(21)20-9-3-5-11-22(20)23/h2-5,8-12,14-15,23H,13,16H2,1H3,(H,27,29). The van der Waals surface area contributed by atoms with Crippen molar-refractivity contribution in [2.45, 2.75) is 5.92 Å². The molecule has 0 bridgehead atoms. The first-order valence-electron chi connectivity index (χ1n) is 9.79. The zero-order chi connectivity index (χ0) is 21.6. The Morgan fingerprint density at radius 2 is 1.71 bits per heavy atom. The second-order valence-corrected chi connectivity index (χ2v) is 6.90. The maximum absolute atomic E-state index is 12.1. The molecule has 0 spiro atoms. The number of hydrogen-bond donors (Lipinski definition) is 1. The molecule has 1 N–H and O–H groups in total. The first-order valence-corrected chi connectivity index (χ1v) is 9.79. The lowest BCUT2D eigenvalue weighted by molar-refractivity contribution is 0.0600. The van der Waals surface area contributed by atoms with Crippen LogP contribution in [0.25, 0.3) is 11.1 Å². The fraction of sp³-hybridized carbons (Fsp3) is 0.160. The molecule has 1 heterocycles. The number of ether oxygens (including phenoxy) is 2. The minimum Gasteiger partial charge on any atom is -0.465 e. The summed E-state index contributed by atoms with van der Waals surface area (Å²) in [5.74, 6) is 5.16. The van der Waals surface area contributed by atoms with Crippen LogP contribution < -0.4 is 5.32 Å². The van der Waals surface area contributed by atoms with Gasteiger partial charge in [0.25, 0.3) is 0 Å². The summed E-state index contributed by atoms with van der Waals surface area (Å²) >= 11 is 0. The summed E-state index contributed by atoms with van der Waals surface area (Å²) in [6.07, 6.45) is 0.947. The fourth-order valence-corrected chi connectivity index (χ4v) is 3.64. The van der Waals surface area contributed by atoms with Crippen molar-refractivity contribution in [2.75, 3.05) is 20.3 Å². The van der Waals surface area contributed by atoms with Gasteiger partial charge in [0.2, 0.25) is 0 Å². The number of carbonyl (C=O) groups excluding carboxylic acids is 2. The number of nitrogens with one attached hydrogen (secondary N) is 1. The molecule has 1 aliphatic carbocycles. The summed E-state index contributed by atoms with van der Waals surface area (Å²) in [6.45, 7) is 0.344. The van der Waals surface area contributed by atoms with Crippen molar-refractivity contribution in [1.29, 1.82) is 0 Å². The highest BCUT2D eigenvalue weighted by molar-refractivity contribution is 5.89. The normalized spacial score (nSPS) is 11.5. The van der Waals surface area contributed by atoms with Crippen molar-refractivity contribution in [3.05, 3.63) is 89.2 Å². The quantitative estimate of drug-likeness (QED) is 0.522. The maximum atomic E-state index is 12.1. The first-order chi connectivity index (χ1) is 15.2.